The number of amides is 1. The second kappa shape index (κ2) is 7.35. The summed E-state index contributed by atoms with van der Waals surface area (Å²) in [7, 11) is 0. The van der Waals surface area contributed by atoms with Gasteiger partial charge in [0.15, 0.2) is 0 Å². The molecule has 0 aliphatic carbocycles. The van der Waals surface area contributed by atoms with Crippen molar-refractivity contribution in [3.05, 3.63) is 16.6 Å². The zero-order valence-electron chi connectivity index (χ0n) is 9.61. The van der Waals surface area contributed by atoms with E-state index in [4.69, 9.17) is 5.73 Å². The fourth-order valence-corrected chi connectivity index (χ4v) is 1.96. The number of carbonyl (C=O) groups is 1. The van der Waals surface area contributed by atoms with E-state index < -0.39 is 0 Å². The lowest BCUT2D eigenvalue weighted by Gasteiger charge is -2.05. The Morgan fingerprint density at radius 2 is 2.50 bits per heavy atom. The predicted octanol–water partition coefficient (Wildman–Crippen LogP) is 1.32. The fourth-order valence-electron chi connectivity index (χ4n) is 1.36. The van der Waals surface area contributed by atoms with Crippen LogP contribution in [0.15, 0.2) is 10.9 Å². The molecule has 0 saturated carbocycles. The van der Waals surface area contributed by atoms with Gasteiger partial charge in [0.25, 0.3) is 0 Å². The van der Waals surface area contributed by atoms with Crippen molar-refractivity contribution >= 4 is 17.2 Å². The van der Waals surface area contributed by atoms with Gasteiger partial charge in [-0.15, -0.1) is 11.3 Å². The maximum absolute atomic E-state index is 11.4. The van der Waals surface area contributed by atoms with Crippen LogP contribution in [-0.2, 0) is 11.2 Å². The quantitative estimate of drug-likeness (QED) is 0.756. The second-order valence-electron chi connectivity index (χ2n) is 3.95. The lowest BCUT2D eigenvalue weighted by Crippen LogP contribution is -2.26. The van der Waals surface area contributed by atoms with E-state index in [0.29, 0.717) is 13.0 Å². The maximum Gasteiger partial charge on any atom is 0.220 e. The molecule has 1 aromatic heterocycles. The van der Waals surface area contributed by atoms with Gasteiger partial charge in [0.2, 0.25) is 5.91 Å². The third-order valence-corrected chi connectivity index (χ3v) is 2.89. The van der Waals surface area contributed by atoms with Crippen molar-refractivity contribution in [2.75, 3.05) is 6.54 Å². The Morgan fingerprint density at radius 3 is 3.12 bits per heavy atom. The number of rotatable bonds is 7. The van der Waals surface area contributed by atoms with Crippen LogP contribution in [0.4, 0.5) is 0 Å². The molecule has 3 N–H and O–H groups in total. The van der Waals surface area contributed by atoms with Gasteiger partial charge in [0.05, 0.1) is 11.2 Å². The van der Waals surface area contributed by atoms with Gasteiger partial charge in [-0.1, -0.05) is 0 Å². The van der Waals surface area contributed by atoms with Crippen molar-refractivity contribution in [2.24, 2.45) is 5.73 Å². The van der Waals surface area contributed by atoms with Crippen molar-refractivity contribution in [2.45, 2.75) is 38.6 Å². The SMILES string of the molecule is CC(N)CCCC(=O)NCCc1cscn1. The Balaban J connectivity index is 2.02. The Kier molecular flexibility index (Phi) is 6.03. The summed E-state index contributed by atoms with van der Waals surface area (Å²) in [5.74, 6) is 0.107. The van der Waals surface area contributed by atoms with E-state index in [1.54, 1.807) is 16.8 Å². The van der Waals surface area contributed by atoms with E-state index in [9.17, 15) is 4.79 Å². The van der Waals surface area contributed by atoms with Gasteiger partial charge in [-0.05, 0) is 19.8 Å². The van der Waals surface area contributed by atoms with Crippen molar-refractivity contribution in [3.8, 4) is 0 Å². The molecule has 0 fully saturated rings. The molecule has 4 nitrogen and oxygen atoms in total. The van der Waals surface area contributed by atoms with Gasteiger partial charge in [-0.25, -0.2) is 4.98 Å². The van der Waals surface area contributed by atoms with E-state index in [2.05, 4.69) is 10.3 Å². The zero-order chi connectivity index (χ0) is 11.8. The normalized spacial score (nSPS) is 12.4. The summed E-state index contributed by atoms with van der Waals surface area (Å²) in [6.45, 7) is 2.63. The van der Waals surface area contributed by atoms with Crippen LogP contribution < -0.4 is 11.1 Å². The molecular weight excluding hydrogens is 222 g/mol. The van der Waals surface area contributed by atoms with Crippen LogP contribution in [0.25, 0.3) is 0 Å². The lowest BCUT2D eigenvalue weighted by molar-refractivity contribution is -0.121. The van der Waals surface area contributed by atoms with Crippen molar-refractivity contribution in [1.29, 1.82) is 0 Å². The highest BCUT2D eigenvalue weighted by atomic mass is 32.1. The summed E-state index contributed by atoms with van der Waals surface area (Å²) >= 11 is 1.58. The van der Waals surface area contributed by atoms with Crippen LogP contribution >= 0.6 is 11.3 Å². The van der Waals surface area contributed by atoms with E-state index in [1.165, 1.54) is 0 Å². The highest BCUT2D eigenvalue weighted by Gasteiger charge is 2.02. The number of nitrogens with two attached hydrogens (primary N) is 1. The number of carbonyl (C=O) groups excluding carboxylic acids is 1. The van der Waals surface area contributed by atoms with E-state index in [0.717, 1.165) is 25.0 Å². The molecule has 0 aromatic carbocycles. The minimum atomic E-state index is 0.107. The first-order valence-electron chi connectivity index (χ1n) is 5.58. The van der Waals surface area contributed by atoms with Crippen LogP contribution in [0.2, 0.25) is 0 Å². The van der Waals surface area contributed by atoms with Crippen molar-refractivity contribution in [3.63, 3.8) is 0 Å². The summed E-state index contributed by atoms with van der Waals surface area (Å²) < 4.78 is 0. The molecule has 1 heterocycles. The largest absolute Gasteiger partial charge is 0.356 e. The van der Waals surface area contributed by atoms with Crippen LogP contribution in [-0.4, -0.2) is 23.5 Å². The highest BCUT2D eigenvalue weighted by Crippen LogP contribution is 2.01. The summed E-state index contributed by atoms with van der Waals surface area (Å²) in [4.78, 5) is 15.5. The Labute approximate surface area is 100 Å². The molecule has 0 spiro atoms. The molecule has 16 heavy (non-hydrogen) atoms. The summed E-state index contributed by atoms with van der Waals surface area (Å²) in [5, 5.41) is 4.88. The maximum atomic E-state index is 11.4. The monoisotopic (exact) mass is 241 g/mol. The molecule has 1 rings (SSSR count). The molecule has 0 bridgehead atoms. The molecule has 1 atom stereocenters. The van der Waals surface area contributed by atoms with E-state index in [-0.39, 0.29) is 11.9 Å². The average Bonchev–Trinajstić information content (AvgIpc) is 2.70. The van der Waals surface area contributed by atoms with Crippen LogP contribution in [0.5, 0.6) is 0 Å². The minimum absolute atomic E-state index is 0.107. The van der Waals surface area contributed by atoms with Crippen LogP contribution in [0.1, 0.15) is 31.9 Å². The number of nitrogens with zero attached hydrogens (tertiary/aromatic N) is 1. The molecule has 5 heteroatoms. The van der Waals surface area contributed by atoms with E-state index in [1.807, 2.05) is 12.3 Å². The van der Waals surface area contributed by atoms with E-state index >= 15 is 0 Å². The van der Waals surface area contributed by atoms with Gasteiger partial charge in [0.1, 0.15) is 0 Å². The first-order valence-corrected chi connectivity index (χ1v) is 6.52. The Hall–Kier alpha value is -0.940. The fraction of sp³-hybridized carbons (Fsp3) is 0.636. The minimum Gasteiger partial charge on any atom is -0.356 e. The number of nitrogens with one attached hydrogen (secondary N) is 1. The average molecular weight is 241 g/mol. The number of hydrogen-bond acceptors (Lipinski definition) is 4. The lowest BCUT2D eigenvalue weighted by atomic mass is 10.1. The molecule has 0 radical (unpaired) electrons. The summed E-state index contributed by atoms with van der Waals surface area (Å²) in [5.41, 5.74) is 8.45. The molecule has 0 saturated heterocycles. The molecule has 1 unspecified atom stereocenters. The highest BCUT2D eigenvalue weighted by molar-refractivity contribution is 7.07. The zero-order valence-corrected chi connectivity index (χ0v) is 10.4. The van der Waals surface area contributed by atoms with Crippen molar-refractivity contribution < 1.29 is 4.79 Å². The number of aromatic nitrogens is 1. The predicted molar refractivity (Wildman–Crippen MR) is 66.3 cm³/mol. The molecule has 0 aliphatic rings. The van der Waals surface area contributed by atoms with Gasteiger partial charge >= 0.3 is 0 Å². The number of thiazole rings is 1. The van der Waals surface area contributed by atoms with Gasteiger partial charge in [0, 0.05) is 30.8 Å². The topological polar surface area (TPSA) is 68.0 Å². The van der Waals surface area contributed by atoms with Gasteiger partial charge < -0.3 is 11.1 Å². The van der Waals surface area contributed by atoms with Crippen LogP contribution in [0, 0.1) is 0 Å². The standard InChI is InChI=1S/C11H19N3OS/c1-9(12)3-2-4-11(15)13-6-5-10-7-16-8-14-10/h7-9H,2-6,12H2,1H3,(H,13,15). The van der Waals surface area contributed by atoms with Crippen molar-refractivity contribution in [1.82, 2.24) is 10.3 Å². The third-order valence-electron chi connectivity index (χ3n) is 2.25. The Morgan fingerprint density at radius 1 is 1.69 bits per heavy atom. The second-order valence-corrected chi connectivity index (χ2v) is 4.67. The molecule has 90 valence electrons. The first-order chi connectivity index (χ1) is 7.68. The van der Waals surface area contributed by atoms with Gasteiger partial charge in [-0.3, -0.25) is 4.79 Å². The molecule has 1 amide bonds. The van der Waals surface area contributed by atoms with Gasteiger partial charge in [-0.2, -0.15) is 0 Å². The third kappa shape index (κ3) is 5.82. The molecule has 1 aromatic rings. The molecule has 0 aliphatic heterocycles. The first kappa shape index (κ1) is 13.1. The molecular formula is C11H19N3OS. The summed E-state index contributed by atoms with van der Waals surface area (Å²) in [6, 6.07) is 0.183. The Bertz CT molecular complexity index is 298. The smallest absolute Gasteiger partial charge is 0.220 e. The number of hydrogen-bond donors (Lipinski definition) is 2. The summed E-state index contributed by atoms with van der Waals surface area (Å²) in [6.07, 6.45) is 3.14. The van der Waals surface area contributed by atoms with Crippen LogP contribution in [0.3, 0.4) is 0 Å².